The van der Waals surface area contributed by atoms with Crippen LogP contribution in [0.1, 0.15) is 24.4 Å². The molecule has 1 heterocycles. The van der Waals surface area contributed by atoms with E-state index in [1.807, 2.05) is 6.92 Å². The second kappa shape index (κ2) is 5.73. The first kappa shape index (κ1) is 12.7. The predicted molar refractivity (Wildman–Crippen MR) is 65.1 cm³/mol. The van der Waals surface area contributed by atoms with Crippen molar-refractivity contribution in [1.29, 1.82) is 0 Å². The van der Waals surface area contributed by atoms with Crippen LogP contribution >= 0.6 is 0 Å². The zero-order valence-corrected chi connectivity index (χ0v) is 10.1. The van der Waals surface area contributed by atoms with E-state index in [0.29, 0.717) is 12.1 Å². The van der Waals surface area contributed by atoms with Gasteiger partial charge in [-0.05, 0) is 24.6 Å². The molecule has 1 unspecified atom stereocenters. The molecular weight excluding hydrogens is 236 g/mol. The Morgan fingerprint density at radius 1 is 1.28 bits per heavy atom. The molecule has 96 valence electrons. The number of rotatable bonds is 5. The van der Waals surface area contributed by atoms with Gasteiger partial charge in [0.25, 0.3) is 0 Å². The molecule has 0 saturated carbocycles. The maximum atomic E-state index is 13.1. The minimum absolute atomic E-state index is 0.106. The molecule has 2 rings (SSSR count). The van der Waals surface area contributed by atoms with E-state index in [1.165, 1.54) is 12.1 Å². The van der Waals surface area contributed by atoms with Crippen LogP contribution in [0.5, 0.6) is 0 Å². The molecule has 1 aromatic heterocycles. The Hall–Kier alpha value is -1.75. The largest absolute Gasteiger partial charge is 0.349 e. The van der Waals surface area contributed by atoms with Gasteiger partial charge >= 0.3 is 0 Å². The van der Waals surface area contributed by atoms with Crippen LogP contribution in [0.15, 0.2) is 30.6 Å². The molecule has 1 aromatic carbocycles. The molecule has 0 bridgehead atoms. The first-order valence-corrected chi connectivity index (χ1v) is 5.83. The van der Waals surface area contributed by atoms with Crippen LogP contribution in [0.25, 0.3) is 0 Å². The van der Waals surface area contributed by atoms with Crippen molar-refractivity contribution in [1.82, 2.24) is 15.3 Å². The summed E-state index contributed by atoms with van der Waals surface area (Å²) < 4.78 is 26.1. The van der Waals surface area contributed by atoms with Crippen molar-refractivity contribution < 1.29 is 8.78 Å². The van der Waals surface area contributed by atoms with Gasteiger partial charge in [-0.2, -0.15) is 0 Å². The number of benzene rings is 1. The highest BCUT2D eigenvalue weighted by Crippen LogP contribution is 2.15. The van der Waals surface area contributed by atoms with Crippen LogP contribution in [0.3, 0.4) is 0 Å². The van der Waals surface area contributed by atoms with E-state index in [-0.39, 0.29) is 6.04 Å². The van der Waals surface area contributed by atoms with E-state index in [1.54, 1.807) is 12.4 Å². The maximum Gasteiger partial charge on any atom is 0.126 e. The lowest BCUT2D eigenvalue weighted by Crippen LogP contribution is -2.22. The minimum atomic E-state index is -0.551. The number of nitrogens with zero attached hydrogens (tertiary/aromatic N) is 1. The van der Waals surface area contributed by atoms with Crippen molar-refractivity contribution in [2.24, 2.45) is 0 Å². The molecule has 3 nitrogen and oxygen atoms in total. The lowest BCUT2D eigenvalue weighted by molar-refractivity contribution is 0.544. The van der Waals surface area contributed by atoms with Crippen molar-refractivity contribution in [3.8, 4) is 0 Å². The van der Waals surface area contributed by atoms with E-state index in [4.69, 9.17) is 0 Å². The Morgan fingerprint density at radius 2 is 2.00 bits per heavy atom. The van der Waals surface area contributed by atoms with Gasteiger partial charge < -0.3 is 10.3 Å². The van der Waals surface area contributed by atoms with Crippen LogP contribution < -0.4 is 5.32 Å². The standard InChI is InChI=1S/C13H15F2N3/c1-9(10-6-11(14)8-12(15)7-10)16-3-2-13-17-4-5-18-13/h4-9,16H,2-3H2,1H3,(H,17,18). The van der Waals surface area contributed by atoms with Crippen LogP contribution in [0, 0.1) is 11.6 Å². The number of H-pyrrole nitrogens is 1. The fourth-order valence-corrected chi connectivity index (χ4v) is 1.78. The Balaban J connectivity index is 1.89. The molecule has 0 aliphatic heterocycles. The fourth-order valence-electron chi connectivity index (χ4n) is 1.78. The summed E-state index contributed by atoms with van der Waals surface area (Å²) in [7, 11) is 0. The highest BCUT2D eigenvalue weighted by Gasteiger charge is 2.08. The number of hydrogen-bond acceptors (Lipinski definition) is 2. The molecular formula is C13H15F2N3. The van der Waals surface area contributed by atoms with E-state index in [9.17, 15) is 8.78 Å². The third-order valence-corrected chi connectivity index (χ3v) is 2.75. The van der Waals surface area contributed by atoms with Gasteiger partial charge in [0.2, 0.25) is 0 Å². The van der Waals surface area contributed by atoms with E-state index >= 15 is 0 Å². The molecule has 1 atom stereocenters. The van der Waals surface area contributed by atoms with Gasteiger partial charge in [0, 0.05) is 37.5 Å². The molecule has 2 N–H and O–H groups in total. The summed E-state index contributed by atoms with van der Waals surface area (Å²) >= 11 is 0. The van der Waals surface area contributed by atoms with Gasteiger partial charge in [-0.25, -0.2) is 13.8 Å². The first-order valence-electron chi connectivity index (χ1n) is 5.83. The van der Waals surface area contributed by atoms with Gasteiger partial charge in [0.1, 0.15) is 17.5 Å². The molecule has 18 heavy (non-hydrogen) atoms. The molecule has 0 amide bonds. The van der Waals surface area contributed by atoms with Crippen molar-refractivity contribution >= 4 is 0 Å². The number of aromatic amines is 1. The minimum Gasteiger partial charge on any atom is -0.349 e. The quantitative estimate of drug-likeness (QED) is 0.857. The molecule has 0 saturated heterocycles. The monoisotopic (exact) mass is 251 g/mol. The number of hydrogen-bond donors (Lipinski definition) is 2. The Kier molecular flexibility index (Phi) is 4.04. The molecule has 0 fully saturated rings. The van der Waals surface area contributed by atoms with Crippen LogP contribution in [-0.2, 0) is 6.42 Å². The lowest BCUT2D eigenvalue weighted by atomic mass is 10.1. The number of halogens is 2. The summed E-state index contributed by atoms with van der Waals surface area (Å²) in [6.07, 6.45) is 4.20. The normalized spacial score (nSPS) is 12.6. The van der Waals surface area contributed by atoms with Crippen LogP contribution in [0.2, 0.25) is 0 Å². The van der Waals surface area contributed by atoms with Gasteiger partial charge in [0.15, 0.2) is 0 Å². The van der Waals surface area contributed by atoms with Crippen molar-refractivity contribution in [2.45, 2.75) is 19.4 Å². The molecule has 5 heteroatoms. The second-order valence-corrected chi connectivity index (χ2v) is 4.16. The molecule has 0 aliphatic rings. The highest BCUT2D eigenvalue weighted by molar-refractivity contribution is 5.20. The number of nitrogens with one attached hydrogen (secondary N) is 2. The van der Waals surface area contributed by atoms with Crippen molar-refractivity contribution in [3.63, 3.8) is 0 Å². The van der Waals surface area contributed by atoms with Crippen molar-refractivity contribution in [3.05, 3.63) is 53.6 Å². The van der Waals surface area contributed by atoms with Crippen LogP contribution in [0.4, 0.5) is 8.78 Å². The predicted octanol–water partition coefficient (Wildman–Crippen LogP) is 2.58. The lowest BCUT2D eigenvalue weighted by Gasteiger charge is -2.14. The summed E-state index contributed by atoms with van der Waals surface area (Å²) in [5, 5.41) is 3.20. The summed E-state index contributed by atoms with van der Waals surface area (Å²) in [5.41, 5.74) is 0.604. The third-order valence-electron chi connectivity index (χ3n) is 2.75. The Morgan fingerprint density at radius 3 is 2.61 bits per heavy atom. The second-order valence-electron chi connectivity index (χ2n) is 4.16. The number of aromatic nitrogens is 2. The van der Waals surface area contributed by atoms with Crippen LogP contribution in [-0.4, -0.2) is 16.5 Å². The number of imidazole rings is 1. The van der Waals surface area contributed by atoms with E-state index in [2.05, 4.69) is 15.3 Å². The summed E-state index contributed by atoms with van der Waals surface area (Å²) in [4.78, 5) is 7.10. The van der Waals surface area contributed by atoms with Gasteiger partial charge in [-0.1, -0.05) is 0 Å². The average molecular weight is 251 g/mol. The van der Waals surface area contributed by atoms with Crippen molar-refractivity contribution in [2.75, 3.05) is 6.54 Å². The topological polar surface area (TPSA) is 40.7 Å². The third kappa shape index (κ3) is 3.37. The summed E-state index contributed by atoms with van der Waals surface area (Å²) in [6.45, 7) is 2.56. The van der Waals surface area contributed by atoms with Gasteiger partial charge in [0.05, 0.1) is 0 Å². The van der Waals surface area contributed by atoms with E-state index < -0.39 is 11.6 Å². The highest BCUT2D eigenvalue weighted by atomic mass is 19.1. The fraction of sp³-hybridized carbons (Fsp3) is 0.308. The summed E-state index contributed by atoms with van der Waals surface area (Å²) in [5.74, 6) is -0.213. The molecule has 0 spiro atoms. The smallest absolute Gasteiger partial charge is 0.126 e. The maximum absolute atomic E-state index is 13.1. The molecule has 2 aromatic rings. The molecule has 0 radical (unpaired) electrons. The summed E-state index contributed by atoms with van der Waals surface area (Å²) in [6, 6.07) is 3.45. The van der Waals surface area contributed by atoms with E-state index in [0.717, 1.165) is 18.3 Å². The zero-order chi connectivity index (χ0) is 13.0. The SMILES string of the molecule is CC(NCCc1ncc[nH]1)c1cc(F)cc(F)c1. The Bertz CT molecular complexity index is 477. The van der Waals surface area contributed by atoms with Gasteiger partial charge in [-0.3, -0.25) is 0 Å². The Labute approximate surface area is 104 Å². The average Bonchev–Trinajstić information content (AvgIpc) is 2.80. The molecule has 0 aliphatic carbocycles. The van der Waals surface area contributed by atoms with Gasteiger partial charge in [-0.15, -0.1) is 0 Å². The first-order chi connectivity index (χ1) is 8.65. The zero-order valence-electron chi connectivity index (χ0n) is 10.1.